The van der Waals surface area contributed by atoms with Crippen molar-refractivity contribution in [2.45, 2.75) is 38.1 Å². The van der Waals surface area contributed by atoms with Gasteiger partial charge in [0.1, 0.15) is 6.04 Å². The quantitative estimate of drug-likeness (QED) is 0.807. The van der Waals surface area contributed by atoms with Gasteiger partial charge < -0.3 is 19.7 Å². The third-order valence-electron chi connectivity index (χ3n) is 5.20. The number of carbonyl (C=O) groups excluding carboxylic acids is 2. The Morgan fingerprint density at radius 2 is 1.90 bits per heavy atom. The molecule has 30 heavy (non-hydrogen) atoms. The number of hydrogen-bond donors (Lipinski definition) is 1. The number of rotatable bonds is 5. The van der Waals surface area contributed by atoms with Crippen molar-refractivity contribution in [2.24, 2.45) is 0 Å². The highest BCUT2D eigenvalue weighted by Crippen LogP contribution is 2.34. The van der Waals surface area contributed by atoms with E-state index in [1.165, 1.54) is 23.1 Å². The third kappa shape index (κ3) is 4.05. The number of ether oxygens (including phenoxy) is 2. The minimum absolute atomic E-state index is 0.0232. The maximum Gasteiger partial charge on any atom is 0.416 e. The lowest BCUT2D eigenvalue weighted by atomic mass is 10.1. The van der Waals surface area contributed by atoms with Crippen LogP contribution in [0.15, 0.2) is 42.5 Å². The van der Waals surface area contributed by atoms with Crippen LogP contribution >= 0.6 is 0 Å². The predicted octanol–water partition coefficient (Wildman–Crippen LogP) is 3.24. The molecule has 2 aliphatic heterocycles. The van der Waals surface area contributed by atoms with Crippen LogP contribution in [-0.2, 0) is 28.9 Å². The van der Waals surface area contributed by atoms with Crippen molar-refractivity contribution in [2.75, 3.05) is 6.79 Å². The highest BCUT2D eigenvalue weighted by atomic mass is 19.4. The molecular weight excluding hydrogens is 401 g/mol. The van der Waals surface area contributed by atoms with E-state index in [0.29, 0.717) is 17.9 Å². The molecule has 2 heterocycles. The second-order valence-corrected chi connectivity index (χ2v) is 7.14. The van der Waals surface area contributed by atoms with Crippen molar-refractivity contribution in [3.8, 4) is 11.5 Å². The summed E-state index contributed by atoms with van der Waals surface area (Å²) in [5.74, 6) is 0.537. The molecule has 2 aliphatic rings. The van der Waals surface area contributed by atoms with Gasteiger partial charge in [-0.2, -0.15) is 13.2 Å². The van der Waals surface area contributed by atoms with Gasteiger partial charge in [0.25, 0.3) is 0 Å². The number of alkyl halides is 3. The Balaban J connectivity index is 1.44. The van der Waals surface area contributed by atoms with Gasteiger partial charge in [-0.1, -0.05) is 24.3 Å². The average molecular weight is 420 g/mol. The lowest BCUT2D eigenvalue weighted by molar-refractivity contribution is -0.138. The van der Waals surface area contributed by atoms with Gasteiger partial charge in [-0.15, -0.1) is 0 Å². The van der Waals surface area contributed by atoms with E-state index in [0.717, 1.165) is 11.6 Å². The minimum atomic E-state index is -4.50. The normalized spacial score (nSPS) is 18.0. The number of hydrogen-bond acceptors (Lipinski definition) is 4. The lowest BCUT2D eigenvalue weighted by Crippen LogP contribution is -2.44. The largest absolute Gasteiger partial charge is 0.454 e. The Morgan fingerprint density at radius 1 is 1.13 bits per heavy atom. The van der Waals surface area contributed by atoms with Gasteiger partial charge in [-0.05, 0) is 35.7 Å². The Kier molecular flexibility index (Phi) is 5.27. The first-order chi connectivity index (χ1) is 14.3. The molecule has 1 saturated heterocycles. The van der Waals surface area contributed by atoms with Crippen LogP contribution in [-0.4, -0.2) is 29.5 Å². The van der Waals surface area contributed by atoms with E-state index < -0.39 is 23.7 Å². The summed E-state index contributed by atoms with van der Waals surface area (Å²) >= 11 is 0. The highest BCUT2D eigenvalue weighted by molar-refractivity contribution is 5.90. The van der Waals surface area contributed by atoms with Crippen molar-refractivity contribution in [1.29, 1.82) is 0 Å². The molecule has 1 unspecified atom stereocenters. The molecule has 0 spiro atoms. The molecule has 0 saturated carbocycles. The Labute approximate surface area is 170 Å². The highest BCUT2D eigenvalue weighted by Gasteiger charge is 2.37. The number of benzene rings is 2. The van der Waals surface area contributed by atoms with Crippen molar-refractivity contribution < 1.29 is 32.2 Å². The number of nitrogens with zero attached hydrogens (tertiary/aromatic N) is 1. The van der Waals surface area contributed by atoms with Crippen LogP contribution in [0.1, 0.15) is 29.5 Å². The van der Waals surface area contributed by atoms with E-state index in [9.17, 15) is 22.8 Å². The molecule has 1 atom stereocenters. The topological polar surface area (TPSA) is 67.9 Å². The van der Waals surface area contributed by atoms with Gasteiger partial charge in [0.2, 0.25) is 18.6 Å². The van der Waals surface area contributed by atoms with E-state index in [1.54, 1.807) is 18.2 Å². The monoisotopic (exact) mass is 420 g/mol. The molecule has 158 valence electrons. The first kappa shape index (κ1) is 20.1. The molecule has 1 N–H and O–H groups in total. The number of likely N-dealkylation sites (tertiary alicyclic amines) is 1. The molecule has 4 rings (SSSR count). The summed E-state index contributed by atoms with van der Waals surface area (Å²) in [6.45, 7) is 0.0651. The van der Waals surface area contributed by atoms with E-state index >= 15 is 0 Å². The fourth-order valence-electron chi connectivity index (χ4n) is 3.69. The second kappa shape index (κ2) is 7.89. The maximum absolute atomic E-state index is 13.1. The zero-order valence-corrected chi connectivity index (χ0v) is 15.9. The number of carbonyl (C=O) groups is 2. The molecule has 1 fully saturated rings. The summed E-state index contributed by atoms with van der Waals surface area (Å²) < 4.78 is 50.0. The molecule has 9 heteroatoms. The SMILES string of the molecule is O=C(NCc1ccccc1C(F)(F)F)C1CCC(=O)N1Cc1ccc2c(c1)OCO2. The third-order valence-corrected chi connectivity index (χ3v) is 5.20. The Morgan fingerprint density at radius 3 is 2.70 bits per heavy atom. The van der Waals surface area contributed by atoms with Gasteiger partial charge >= 0.3 is 6.18 Å². The molecule has 2 aromatic rings. The van der Waals surface area contributed by atoms with Gasteiger partial charge in [0.15, 0.2) is 11.5 Å². The van der Waals surface area contributed by atoms with Crippen molar-refractivity contribution in [3.05, 3.63) is 59.2 Å². The zero-order valence-electron chi connectivity index (χ0n) is 15.9. The number of halogens is 3. The van der Waals surface area contributed by atoms with Gasteiger partial charge in [-0.3, -0.25) is 9.59 Å². The summed E-state index contributed by atoms with van der Waals surface area (Å²) in [5, 5.41) is 2.55. The minimum Gasteiger partial charge on any atom is -0.454 e. The van der Waals surface area contributed by atoms with Crippen LogP contribution in [0.4, 0.5) is 13.2 Å². The summed E-state index contributed by atoms with van der Waals surface area (Å²) in [6.07, 6.45) is -3.98. The molecule has 0 radical (unpaired) electrons. The van der Waals surface area contributed by atoms with Crippen LogP contribution in [0.2, 0.25) is 0 Å². The van der Waals surface area contributed by atoms with Crippen LogP contribution in [0.3, 0.4) is 0 Å². The van der Waals surface area contributed by atoms with Crippen molar-refractivity contribution in [1.82, 2.24) is 10.2 Å². The molecule has 0 bridgehead atoms. The predicted molar refractivity (Wildman–Crippen MR) is 99.4 cm³/mol. The number of nitrogens with one attached hydrogen (secondary N) is 1. The van der Waals surface area contributed by atoms with E-state index in [4.69, 9.17) is 9.47 Å². The molecule has 2 amide bonds. The van der Waals surface area contributed by atoms with Crippen LogP contribution in [0, 0.1) is 0 Å². The zero-order chi connectivity index (χ0) is 21.3. The standard InChI is InChI=1S/C21H19F3N2O4/c22-21(23,24)15-4-2-1-3-14(15)10-25-20(28)16-6-8-19(27)26(16)11-13-5-7-17-18(9-13)30-12-29-17/h1-5,7,9,16H,6,8,10-12H2,(H,25,28). The maximum atomic E-state index is 13.1. The van der Waals surface area contributed by atoms with Crippen LogP contribution < -0.4 is 14.8 Å². The Bertz CT molecular complexity index is 977. The van der Waals surface area contributed by atoms with Crippen molar-refractivity contribution >= 4 is 11.8 Å². The van der Waals surface area contributed by atoms with E-state index in [-0.39, 0.29) is 37.8 Å². The average Bonchev–Trinajstić information content (AvgIpc) is 3.32. The molecule has 6 nitrogen and oxygen atoms in total. The van der Waals surface area contributed by atoms with E-state index in [1.807, 2.05) is 0 Å². The molecule has 0 aliphatic carbocycles. The Hall–Kier alpha value is -3.23. The first-order valence-corrected chi connectivity index (χ1v) is 9.44. The van der Waals surface area contributed by atoms with Crippen LogP contribution in [0.5, 0.6) is 11.5 Å². The fraction of sp³-hybridized carbons (Fsp3) is 0.333. The smallest absolute Gasteiger partial charge is 0.416 e. The summed E-state index contributed by atoms with van der Waals surface area (Å²) in [4.78, 5) is 26.5. The van der Waals surface area contributed by atoms with Crippen molar-refractivity contribution in [3.63, 3.8) is 0 Å². The van der Waals surface area contributed by atoms with Gasteiger partial charge in [0, 0.05) is 19.5 Å². The van der Waals surface area contributed by atoms with Gasteiger partial charge in [-0.25, -0.2) is 0 Å². The first-order valence-electron chi connectivity index (χ1n) is 9.44. The summed E-state index contributed by atoms with van der Waals surface area (Å²) in [6, 6.07) is 9.64. The number of amides is 2. The summed E-state index contributed by atoms with van der Waals surface area (Å²) in [7, 11) is 0. The second-order valence-electron chi connectivity index (χ2n) is 7.14. The van der Waals surface area contributed by atoms with Crippen LogP contribution in [0.25, 0.3) is 0 Å². The fourth-order valence-corrected chi connectivity index (χ4v) is 3.69. The lowest BCUT2D eigenvalue weighted by Gasteiger charge is -2.24. The number of fused-ring (bicyclic) bond motifs is 1. The summed E-state index contributed by atoms with van der Waals surface area (Å²) in [5.41, 5.74) is -0.0373. The van der Waals surface area contributed by atoms with Gasteiger partial charge in [0.05, 0.1) is 5.56 Å². The van der Waals surface area contributed by atoms with E-state index in [2.05, 4.69) is 5.32 Å². The molecular formula is C21H19F3N2O4. The molecule has 0 aromatic heterocycles. The molecule has 2 aromatic carbocycles.